The molecule has 3 saturated carbocycles. The van der Waals surface area contributed by atoms with Crippen molar-refractivity contribution in [1.82, 2.24) is 0 Å². The van der Waals surface area contributed by atoms with Crippen LogP contribution in [-0.4, -0.2) is 18.5 Å². The van der Waals surface area contributed by atoms with Gasteiger partial charge in [-0.3, -0.25) is 4.79 Å². The van der Waals surface area contributed by atoms with Gasteiger partial charge in [-0.1, -0.05) is 20.8 Å². The molecule has 3 aliphatic carbocycles. The van der Waals surface area contributed by atoms with Crippen molar-refractivity contribution in [3.05, 3.63) is 0 Å². The molecule has 0 bridgehead atoms. The van der Waals surface area contributed by atoms with Crippen LogP contribution < -0.4 is 0 Å². The second-order valence-electron chi connectivity index (χ2n) is 9.48. The SMILES string of the molecule is C[C@@H]1C[C@]2(C)C3CCC4(C)C(CC[C@@H]4C)C3C(=O)C[C@@H]2CO1. The second-order valence-corrected chi connectivity index (χ2v) is 9.48. The molecule has 4 unspecified atom stereocenters. The maximum absolute atomic E-state index is 13.0. The van der Waals surface area contributed by atoms with E-state index in [2.05, 4.69) is 27.7 Å². The lowest BCUT2D eigenvalue weighted by molar-refractivity contribution is -0.177. The standard InChI is InChI=1S/C20H32O2/c1-12-5-6-15-18-16(7-8-19(12,15)3)20(4)10-13(2)22-11-14(20)9-17(18)21/h12-16,18H,5-11H2,1-4H3/t12-,13+,14+,15?,16?,18?,19?,20-/m0/s1. The van der Waals surface area contributed by atoms with Crippen molar-refractivity contribution in [2.45, 2.75) is 72.3 Å². The van der Waals surface area contributed by atoms with Crippen molar-refractivity contribution in [1.29, 1.82) is 0 Å². The van der Waals surface area contributed by atoms with Gasteiger partial charge in [0, 0.05) is 12.3 Å². The highest BCUT2D eigenvalue weighted by Crippen LogP contribution is 2.65. The molecule has 124 valence electrons. The normalized spacial score (nSPS) is 57.9. The summed E-state index contributed by atoms with van der Waals surface area (Å²) in [5.41, 5.74) is 0.764. The molecule has 0 radical (unpaired) electrons. The summed E-state index contributed by atoms with van der Waals surface area (Å²) in [4.78, 5) is 13.0. The van der Waals surface area contributed by atoms with Gasteiger partial charge in [-0.2, -0.15) is 0 Å². The Balaban J connectivity index is 1.70. The van der Waals surface area contributed by atoms with Crippen LogP contribution in [0.3, 0.4) is 0 Å². The Morgan fingerprint density at radius 1 is 1.05 bits per heavy atom. The van der Waals surface area contributed by atoms with Crippen LogP contribution in [0.25, 0.3) is 0 Å². The Kier molecular flexibility index (Phi) is 3.32. The third-order valence-electron chi connectivity index (χ3n) is 8.65. The van der Waals surface area contributed by atoms with Gasteiger partial charge in [-0.15, -0.1) is 0 Å². The molecule has 4 rings (SSSR count). The fourth-order valence-corrected chi connectivity index (χ4v) is 7.03. The molecule has 1 heterocycles. The average Bonchev–Trinajstić information content (AvgIpc) is 2.76. The van der Waals surface area contributed by atoms with Gasteiger partial charge in [0.15, 0.2) is 0 Å². The molecule has 0 aromatic rings. The summed E-state index contributed by atoms with van der Waals surface area (Å²) in [6.07, 6.45) is 7.54. The highest BCUT2D eigenvalue weighted by molar-refractivity contribution is 5.83. The van der Waals surface area contributed by atoms with E-state index in [4.69, 9.17) is 4.74 Å². The Hall–Kier alpha value is -0.370. The van der Waals surface area contributed by atoms with Crippen LogP contribution in [0.4, 0.5) is 0 Å². The molecule has 4 fully saturated rings. The zero-order chi connectivity index (χ0) is 15.7. The highest BCUT2D eigenvalue weighted by atomic mass is 16.5. The van der Waals surface area contributed by atoms with E-state index < -0.39 is 0 Å². The van der Waals surface area contributed by atoms with Gasteiger partial charge in [0.25, 0.3) is 0 Å². The van der Waals surface area contributed by atoms with Crippen molar-refractivity contribution in [3.8, 4) is 0 Å². The Morgan fingerprint density at radius 3 is 2.55 bits per heavy atom. The van der Waals surface area contributed by atoms with E-state index in [1.165, 1.54) is 25.7 Å². The molecule has 0 amide bonds. The summed E-state index contributed by atoms with van der Waals surface area (Å²) in [6.45, 7) is 10.4. The van der Waals surface area contributed by atoms with Gasteiger partial charge in [-0.25, -0.2) is 0 Å². The predicted molar refractivity (Wildman–Crippen MR) is 87.5 cm³/mol. The number of Topliss-reactive ketones (excluding diaryl/α,β-unsaturated/α-hetero) is 1. The molecule has 0 N–H and O–H groups in total. The molecular weight excluding hydrogens is 272 g/mol. The zero-order valence-electron chi connectivity index (χ0n) is 14.7. The van der Waals surface area contributed by atoms with Crippen molar-refractivity contribution >= 4 is 5.78 Å². The number of fused-ring (bicyclic) bond motifs is 5. The van der Waals surface area contributed by atoms with E-state index in [9.17, 15) is 4.79 Å². The molecule has 0 aromatic carbocycles. The largest absolute Gasteiger partial charge is 0.378 e. The minimum Gasteiger partial charge on any atom is -0.378 e. The molecule has 2 heteroatoms. The Morgan fingerprint density at radius 2 is 1.77 bits per heavy atom. The fourth-order valence-electron chi connectivity index (χ4n) is 7.03. The van der Waals surface area contributed by atoms with E-state index in [0.29, 0.717) is 46.4 Å². The lowest BCUT2D eigenvalue weighted by atomic mass is 9.45. The van der Waals surface area contributed by atoms with Crippen LogP contribution >= 0.6 is 0 Å². The monoisotopic (exact) mass is 304 g/mol. The van der Waals surface area contributed by atoms with Gasteiger partial charge in [0.2, 0.25) is 0 Å². The molecule has 0 spiro atoms. The molecule has 8 atom stereocenters. The second kappa shape index (κ2) is 4.82. The fraction of sp³-hybridized carbons (Fsp3) is 0.950. The molecule has 4 aliphatic rings. The minimum absolute atomic E-state index is 0.337. The lowest BCUT2D eigenvalue weighted by Crippen LogP contribution is -2.58. The summed E-state index contributed by atoms with van der Waals surface area (Å²) in [7, 11) is 0. The van der Waals surface area contributed by atoms with Gasteiger partial charge in [-0.05, 0) is 73.5 Å². The molecule has 0 aromatic heterocycles. The molecular formula is C20H32O2. The summed E-state index contributed by atoms with van der Waals surface area (Å²) in [5, 5.41) is 0. The van der Waals surface area contributed by atoms with Crippen molar-refractivity contribution in [3.63, 3.8) is 0 Å². The first-order valence-corrected chi connectivity index (χ1v) is 9.50. The number of hydrogen-bond donors (Lipinski definition) is 0. The number of hydrogen-bond acceptors (Lipinski definition) is 2. The van der Waals surface area contributed by atoms with Crippen molar-refractivity contribution in [2.75, 3.05) is 6.61 Å². The van der Waals surface area contributed by atoms with E-state index in [0.717, 1.165) is 25.4 Å². The zero-order valence-corrected chi connectivity index (χ0v) is 14.7. The first kappa shape index (κ1) is 15.2. The predicted octanol–water partition coefficient (Wildman–Crippen LogP) is 4.47. The van der Waals surface area contributed by atoms with Crippen LogP contribution in [0.5, 0.6) is 0 Å². The maximum atomic E-state index is 13.0. The Labute approximate surface area is 135 Å². The van der Waals surface area contributed by atoms with Crippen molar-refractivity contribution < 1.29 is 9.53 Å². The van der Waals surface area contributed by atoms with E-state index >= 15 is 0 Å². The van der Waals surface area contributed by atoms with Gasteiger partial charge in [0.05, 0.1) is 12.7 Å². The lowest BCUT2D eigenvalue weighted by Gasteiger charge is -2.60. The van der Waals surface area contributed by atoms with E-state index in [1.54, 1.807) is 0 Å². The van der Waals surface area contributed by atoms with Crippen molar-refractivity contribution in [2.24, 2.45) is 40.4 Å². The third-order valence-corrected chi connectivity index (χ3v) is 8.65. The first-order valence-electron chi connectivity index (χ1n) is 9.50. The minimum atomic E-state index is 0.337. The van der Waals surface area contributed by atoms with Crippen LogP contribution in [0.1, 0.15) is 66.2 Å². The third kappa shape index (κ3) is 1.85. The number of carbonyl (C=O) groups is 1. The smallest absolute Gasteiger partial charge is 0.136 e. The van der Waals surface area contributed by atoms with E-state index in [1.807, 2.05) is 0 Å². The molecule has 2 nitrogen and oxygen atoms in total. The van der Waals surface area contributed by atoms with Crippen LogP contribution in [0, 0.1) is 40.4 Å². The highest BCUT2D eigenvalue weighted by Gasteiger charge is 2.62. The number of carbonyl (C=O) groups excluding carboxylic acids is 1. The number of ether oxygens (including phenoxy) is 1. The van der Waals surface area contributed by atoms with E-state index in [-0.39, 0.29) is 0 Å². The van der Waals surface area contributed by atoms with Crippen LogP contribution in [0.15, 0.2) is 0 Å². The topological polar surface area (TPSA) is 26.3 Å². The van der Waals surface area contributed by atoms with Gasteiger partial charge in [0.1, 0.15) is 5.78 Å². The van der Waals surface area contributed by atoms with Gasteiger partial charge < -0.3 is 4.74 Å². The maximum Gasteiger partial charge on any atom is 0.136 e. The van der Waals surface area contributed by atoms with Gasteiger partial charge >= 0.3 is 0 Å². The molecule has 22 heavy (non-hydrogen) atoms. The average molecular weight is 304 g/mol. The van der Waals surface area contributed by atoms with Crippen LogP contribution in [-0.2, 0) is 9.53 Å². The summed E-state index contributed by atoms with van der Waals surface area (Å²) in [5.74, 6) is 3.48. The molecule has 1 aliphatic heterocycles. The summed E-state index contributed by atoms with van der Waals surface area (Å²) in [6, 6.07) is 0. The summed E-state index contributed by atoms with van der Waals surface area (Å²) >= 11 is 0. The van der Waals surface area contributed by atoms with Crippen LogP contribution in [0.2, 0.25) is 0 Å². The molecule has 1 saturated heterocycles. The quantitative estimate of drug-likeness (QED) is 0.660. The number of ketones is 1. The number of rotatable bonds is 0. The Bertz CT molecular complexity index is 486. The first-order chi connectivity index (χ1) is 10.4. The summed E-state index contributed by atoms with van der Waals surface area (Å²) < 4.78 is 5.91.